The molecule has 0 saturated heterocycles. The van der Waals surface area contributed by atoms with Crippen LogP contribution < -0.4 is 73.1 Å². The third-order valence-electron chi connectivity index (χ3n) is 17.5. The van der Waals surface area contributed by atoms with Gasteiger partial charge in [-0.1, -0.05) is 141 Å². The van der Waals surface area contributed by atoms with Crippen LogP contribution in [0.3, 0.4) is 0 Å². The largest absolute Gasteiger partial charge is 2.00 e. The van der Waals surface area contributed by atoms with Gasteiger partial charge in [0, 0.05) is 21.3 Å². The third-order valence-corrected chi connectivity index (χ3v) is 20.1. The molecule has 0 amide bonds. The molecule has 1 aromatic carbocycles. The summed E-state index contributed by atoms with van der Waals surface area (Å²) < 4.78 is 663. The van der Waals surface area contributed by atoms with Crippen molar-refractivity contribution in [3.05, 3.63) is 143 Å². The predicted molar refractivity (Wildman–Crippen MR) is 413 cm³/mol. The molecule has 4 atom stereocenters. The predicted octanol–water partition coefficient (Wildman–Crippen LogP) is 21.4. The molecule has 144 heavy (non-hydrogen) atoms. The zero-order valence-corrected chi connectivity index (χ0v) is 83.5. The van der Waals surface area contributed by atoms with Gasteiger partial charge in [-0.25, -0.2) is 13.6 Å². The van der Waals surface area contributed by atoms with E-state index in [2.05, 4.69) is 90.2 Å². The number of hydrogen-bond donors (Lipinski definition) is 1. The van der Waals surface area contributed by atoms with Crippen molar-refractivity contribution in [2.24, 2.45) is 33.0 Å². The van der Waals surface area contributed by atoms with Gasteiger partial charge in [0.25, 0.3) is 11.8 Å². The summed E-state index contributed by atoms with van der Waals surface area (Å²) in [5.74, 6) is -17.0. The van der Waals surface area contributed by atoms with Crippen LogP contribution in [0.15, 0.2) is 131 Å². The van der Waals surface area contributed by atoms with E-state index in [4.69, 9.17) is 5.11 Å². The fourth-order valence-electron chi connectivity index (χ4n) is 10.8. The molecule has 0 saturated carbocycles. The van der Waals surface area contributed by atoms with Gasteiger partial charge in [-0.15, -0.1) is 19.7 Å². The van der Waals surface area contributed by atoms with Crippen LogP contribution in [-0.2, 0) is 47.2 Å². The molecule has 1 N–H and O–H groups in total. The molecule has 2 aliphatic rings. The van der Waals surface area contributed by atoms with Crippen molar-refractivity contribution in [3.8, 4) is 0 Å². The second kappa shape index (κ2) is 62.0. The van der Waals surface area contributed by atoms with Crippen LogP contribution in [-0.4, -0.2) is 239 Å². The average molecular weight is 2370 g/mol. The van der Waals surface area contributed by atoms with E-state index in [0.29, 0.717) is 27.4 Å². The summed E-state index contributed by atoms with van der Waals surface area (Å²) in [5, 5.41) is 8.96. The van der Waals surface area contributed by atoms with Crippen molar-refractivity contribution >= 4 is 63.6 Å². The van der Waals surface area contributed by atoms with Gasteiger partial charge in [0.1, 0.15) is 6.61 Å². The van der Waals surface area contributed by atoms with Crippen molar-refractivity contribution in [2.75, 3.05) is 49.3 Å². The van der Waals surface area contributed by atoms with Crippen molar-refractivity contribution in [1.29, 1.82) is 0 Å². The number of alkyl halides is 50. The first kappa shape index (κ1) is 169. The molecule has 0 heterocycles. The standard InChI is InChI=1S/C12H18F8O2Si.C11H11F9O.C9H7F9O.C8H5F9O.C8H8F6O2.C8H8.C5H4F6O2.C5H8O3.C4H9F3Si.C2H6.C2H3.2CH4.BrH.FH.K.Mg/c1-6-7-9(11(15,16)17,12(18,19)20)10(21-2,8(13)14)22-23(3,4)5;1-4-6-7(9(12,13)14,10(15,16)17)8(5-2,21-3)11(18,19)20;1-19-6(9(16,17)18)4-2-3-5(6,7(10,11)12)8(13,14)15;9-6(10,11)4(7(12,13)14)2-1-3-5(4,18)8(15,16)17;1-3-4-6(5(15)16-2,7(9,10)11)8(12,13)14;1-2-8-6-4-3-5-7-8;1-13-3(12)2(4(6,7)8)5(9,10)11;1-3-4-8-5(6)7-2;1-8(2,3)4(5,6)7;2*1-2;;;;;;/h6,8H,1,7H2,2-5H3;4-5H,1-2,6H2,3H3;2,4H,3H2,1H3;1,3,18H,2H2;3H,1,4H2,2H3;2-7H,1H2;2H,1H3;3H,1,4H2,2H3;1-3H3;1-2H3;1H,2H2;2*1H4;2*1H;;/q;;;;;;;;;;-1;;;;;+1;+2/p-1. The molecule has 0 radical (unpaired) electrons. The summed E-state index contributed by atoms with van der Waals surface area (Å²) in [6.07, 6.45) is -102. The molecule has 1 aromatic rings. The number of halogens is 52. The van der Waals surface area contributed by atoms with Gasteiger partial charge in [-0.2, -0.15) is 211 Å². The molecule has 0 aliphatic heterocycles. The van der Waals surface area contributed by atoms with Crippen molar-refractivity contribution in [2.45, 2.75) is 228 Å². The Hall–Kier alpha value is -5.36. The van der Waals surface area contributed by atoms with E-state index in [1.807, 2.05) is 50.3 Å². The summed E-state index contributed by atoms with van der Waals surface area (Å²) in [6, 6.07) is 10.0. The molecule has 0 bridgehead atoms. The Morgan fingerprint density at radius 1 is 0.458 bits per heavy atom. The average Bonchev–Trinajstić information content (AvgIpc) is 1.34. The molecule has 4 unspecified atom stereocenters. The van der Waals surface area contributed by atoms with Gasteiger partial charge in [0.05, 0.1) is 21.3 Å². The van der Waals surface area contributed by atoms with E-state index in [-0.39, 0.29) is 164 Å². The van der Waals surface area contributed by atoms with Crippen LogP contribution in [0, 0.1) is 39.6 Å². The summed E-state index contributed by atoms with van der Waals surface area (Å²) in [5.41, 5.74) is -38.1. The van der Waals surface area contributed by atoms with Gasteiger partial charge >= 0.3 is 192 Å². The maximum Gasteiger partial charge on any atom is 2.00 e. The van der Waals surface area contributed by atoms with E-state index in [0.717, 1.165) is 0 Å². The van der Waals surface area contributed by atoms with Crippen LogP contribution in [0.1, 0.15) is 67.8 Å². The van der Waals surface area contributed by atoms with Gasteiger partial charge < -0.3 is 71.0 Å². The van der Waals surface area contributed by atoms with Crippen LogP contribution >= 0.6 is 0 Å². The Bertz CT molecular complexity index is 3830. The van der Waals surface area contributed by atoms with Crippen molar-refractivity contribution in [1.82, 2.24) is 0 Å². The third kappa shape index (κ3) is 40.0. The topological polar surface area (TPSA) is 145 Å². The number of carbonyl (C=O) groups excluding carboxylic acids is 3. The maximum absolute atomic E-state index is 13.5. The Kier molecular flexibility index (Phi) is 72.8. The van der Waals surface area contributed by atoms with Crippen molar-refractivity contribution < 1.29 is 351 Å². The van der Waals surface area contributed by atoms with E-state index >= 15 is 0 Å². The molecule has 0 aromatic heterocycles. The summed E-state index contributed by atoms with van der Waals surface area (Å²) in [7, 11) is -3.41. The second-order valence-corrected chi connectivity index (χ2v) is 37.4. The van der Waals surface area contributed by atoms with E-state index in [9.17, 15) is 234 Å². The van der Waals surface area contributed by atoms with E-state index in [1.165, 1.54) is 58.0 Å². The van der Waals surface area contributed by atoms with Crippen LogP contribution in [0.2, 0.25) is 39.3 Å². The van der Waals surface area contributed by atoms with E-state index < -0.39 is 239 Å². The minimum absolute atomic E-state index is 0. The summed E-state index contributed by atoms with van der Waals surface area (Å²) in [6.45, 7) is 36.3. The van der Waals surface area contributed by atoms with Gasteiger partial charge in [-0.05, 0) is 75.5 Å². The SMILES string of the molecule is C.C.C=CCC(C(=O)OC)(C(F)(F)F)C(F)(F)F.C=CCC(C(F)(F)F)(C(F)(F)F)C(C=C)(OC)C(F)(F)F.C=CCC(C(F)(F)F)(C(F)(F)F)C(OC)(O[Si](C)(C)C)C(F)F.C=CCOC(=O)OC.C=Cc1ccccc1.CC.COC(=O)C(C(F)(F)F)C(F)(F)F.COC1(C(F)(F)F)C=CCC1(C(F)(F)F)C(F)(F)F.C[Si](C)(C)C(F)(F)F.OC1(C(F)(F)F)C=CCC1(C(F)(F)F)C(F)(F)F.[Br-].[CH-]=C.[F-].[H+].[K+].[Mg+2]. The number of aliphatic hydroxyl groups is 1. The zero-order chi connectivity index (χ0) is 113. The van der Waals surface area contributed by atoms with E-state index in [1.54, 1.807) is 0 Å². The molecule has 12 nitrogen and oxygen atoms in total. The molecule has 0 spiro atoms. The molecular weight excluding hydrogens is 2270 g/mol. The number of allylic oxidation sites excluding steroid dienone is 5. The van der Waals surface area contributed by atoms with Crippen LogP contribution in [0.25, 0.3) is 6.08 Å². The Morgan fingerprint density at radius 2 is 0.778 bits per heavy atom. The number of rotatable bonds is 20. The second-order valence-electron chi connectivity index (χ2n) is 27.9. The number of benzene rings is 1. The first-order valence-corrected chi connectivity index (χ1v) is 42.5. The Morgan fingerprint density at radius 3 is 0.951 bits per heavy atom. The van der Waals surface area contributed by atoms with Crippen LogP contribution in [0.4, 0.5) is 224 Å². The zero-order valence-electron chi connectivity index (χ0n) is 76.4. The first-order valence-electron chi connectivity index (χ1n) is 35.6. The van der Waals surface area contributed by atoms with Crippen molar-refractivity contribution in [3.63, 3.8) is 0 Å². The Labute approximate surface area is 862 Å². The van der Waals surface area contributed by atoms with Gasteiger partial charge in [0.2, 0.25) is 50.2 Å². The molecule has 68 heteroatoms. The van der Waals surface area contributed by atoms with Crippen LogP contribution in [0.5, 0.6) is 0 Å². The number of methoxy groups -OCH3 is 6. The summed E-state index contributed by atoms with van der Waals surface area (Å²) >= 11 is 0. The monoisotopic (exact) mass is 2370 g/mol. The Balaban J connectivity index is -0.000000102. The minimum Gasteiger partial charge on any atom is -1.00 e. The number of carbonyl (C=O) groups is 3. The number of esters is 2. The molecule has 3 rings (SSSR count). The summed E-state index contributed by atoms with van der Waals surface area (Å²) in [4.78, 5) is 31.0. The quantitative estimate of drug-likeness (QED) is 0.0252. The molecule has 0 fully saturated rings. The normalized spacial score (nSPS) is 17.0. The van der Waals surface area contributed by atoms with Gasteiger partial charge in [0.15, 0.2) is 16.4 Å². The molecule has 2 aliphatic carbocycles. The van der Waals surface area contributed by atoms with Gasteiger partial charge in [-0.3, -0.25) is 16.2 Å². The fraction of sp³-hybridized carbons (Fsp3) is 0.645. The smallest absolute Gasteiger partial charge is 1.00 e. The maximum atomic E-state index is 13.5. The molecule has 846 valence electrons. The first-order chi connectivity index (χ1) is 60.8. The molecular formula is C76H96BrF51KMgO12Si2+. The minimum atomic E-state index is -6.32. The fourth-order valence-corrected chi connectivity index (χ4v) is 12.1. The number of hydrogen-bond acceptors (Lipinski definition) is 12. The number of ether oxygens (including phenoxy) is 7.